The topological polar surface area (TPSA) is 114 Å². The van der Waals surface area contributed by atoms with Crippen LogP contribution in [0.5, 0.6) is 23.0 Å². The fraction of sp³-hybridized carbons (Fsp3) is 0.0500. The van der Waals surface area contributed by atoms with Gasteiger partial charge in [0.25, 0.3) is 0 Å². The van der Waals surface area contributed by atoms with Gasteiger partial charge in [0.1, 0.15) is 23.0 Å². The van der Waals surface area contributed by atoms with Crippen LogP contribution < -0.4 is 18.9 Å². The summed E-state index contributed by atoms with van der Waals surface area (Å²) in [4.78, 5) is 47.6. The van der Waals surface area contributed by atoms with Crippen molar-refractivity contribution < 1.29 is 42.9 Å². The van der Waals surface area contributed by atoms with Crippen LogP contribution in [-0.4, -0.2) is 37.1 Å². The van der Waals surface area contributed by atoms with E-state index in [2.05, 4.69) is 13.2 Å². The second-order valence-corrected chi connectivity index (χ2v) is 10.3. The Morgan fingerprint density at radius 3 is 1.22 bits per heavy atom. The van der Waals surface area contributed by atoms with Gasteiger partial charge in [0.15, 0.2) is 12.4 Å². The van der Waals surface area contributed by atoms with Gasteiger partial charge in [-0.25, -0.2) is 14.4 Å². The molecule has 0 fully saturated rings. The molecule has 0 aromatic heterocycles. The minimum absolute atomic E-state index is 0.120. The zero-order valence-electron chi connectivity index (χ0n) is 26.2. The first-order valence-corrected chi connectivity index (χ1v) is 15.0. The molecule has 0 aliphatic heterocycles. The molecule has 5 aromatic carbocycles. The van der Waals surface area contributed by atoms with Crippen molar-refractivity contribution >= 4 is 23.7 Å². The maximum Gasteiger partial charge on any atom is 0.343 e. The van der Waals surface area contributed by atoms with E-state index in [-0.39, 0.29) is 19.2 Å². The van der Waals surface area contributed by atoms with Crippen LogP contribution in [0.2, 0.25) is 0 Å². The Balaban J connectivity index is 1.12. The highest BCUT2D eigenvalue weighted by Gasteiger charge is 2.12. The minimum Gasteiger partial charge on any atom is -0.485 e. The van der Waals surface area contributed by atoms with Gasteiger partial charge in [0, 0.05) is 6.08 Å². The van der Waals surface area contributed by atoms with Crippen LogP contribution >= 0.6 is 0 Å². The third-order valence-corrected chi connectivity index (χ3v) is 7.06. The molecule has 244 valence electrons. The lowest BCUT2D eigenvalue weighted by atomic mass is 10.0. The van der Waals surface area contributed by atoms with Crippen molar-refractivity contribution in [3.63, 3.8) is 0 Å². The van der Waals surface area contributed by atoms with Crippen LogP contribution in [0, 0.1) is 0 Å². The Labute approximate surface area is 282 Å². The number of rotatable bonds is 14. The summed E-state index contributed by atoms with van der Waals surface area (Å²) >= 11 is 0. The van der Waals surface area contributed by atoms with E-state index >= 15 is 0 Å². The van der Waals surface area contributed by atoms with Gasteiger partial charge < -0.3 is 23.7 Å². The maximum absolute atomic E-state index is 12.6. The second kappa shape index (κ2) is 16.2. The van der Waals surface area contributed by atoms with Gasteiger partial charge in [0.2, 0.25) is 6.79 Å². The van der Waals surface area contributed by atoms with Crippen molar-refractivity contribution in [2.24, 2.45) is 0 Å². The van der Waals surface area contributed by atoms with E-state index < -0.39 is 17.9 Å². The number of ketones is 1. The van der Waals surface area contributed by atoms with Crippen molar-refractivity contribution in [3.8, 4) is 45.3 Å². The highest BCUT2D eigenvalue weighted by Crippen LogP contribution is 2.28. The third kappa shape index (κ3) is 9.40. The number of hydrogen-bond donors (Lipinski definition) is 0. The molecule has 0 spiro atoms. The Bertz CT molecular complexity index is 1940. The van der Waals surface area contributed by atoms with Crippen LogP contribution in [0.4, 0.5) is 0 Å². The Morgan fingerprint density at radius 2 is 0.837 bits per heavy atom. The van der Waals surface area contributed by atoms with Crippen molar-refractivity contribution in [1.29, 1.82) is 0 Å². The van der Waals surface area contributed by atoms with E-state index in [9.17, 15) is 19.2 Å². The summed E-state index contributed by atoms with van der Waals surface area (Å²) in [5.74, 6) is -0.200. The summed E-state index contributed by atoms with van der Waals surface area (Å²) in [7, 11) is 0. The van der Waals surface area contributed by atoms with Crippen molar-refractivity contribution in [2.45, 2.75) is 0 Å². The molecule has 0 N–H and O–H groups in total. The Kier molecular flexibility index (Phi) is 11.1. The lowest BCUT2D eigenvalue weighted by molar-refractivity contribution is -0.144. The van der Waals surface area contributed by atoms with E-state index in [0.717, 1.165) is 28.3 Å². The highest BCUT2D eigenvalue weighted by molar-refractivity contribution is 5.92. The molecule has 0 bridgehead atoms. The normalized spacial score (nSPS) is 10.3. The molecule has 0 atom stereocenters. The van der Waals surface area contributed by atoms with E-state index in [0.29, 0.717) is 34.1 Å². The summed E-state index contributed by atoms with van der Waals surface area (Å²) < 4.78 is 26.4. The van der Waals surface area contributed by atoms with Gasteiger partial charge in [-0.3, -0.25) is 4.79 Å². The molecular formula is C40H30O9. The molecule has 0 aliphatic carbocycles. The average molecular weight is 655 g/mol. The summed E-state index contributed by atoms with van der Waals surface area (Å²) in [5.41, 5.74) is 4.52. The molecule has 0 unspecified atom stereocenters. The molecule has 0 amide bonds. The molecule has 0 saturated carbocycles. The first kappa shape index (κ1) is 33.6. The Morgan fingerprint density at radius 1 is 0.469 bits per heavy atom. The van der Waals surface area contributed by atoms with Crippen LogP contribution in [0.25, 0.3) is 22.3 Å². The summed E-state index contributed by atoms with van der Waals surface area (Å²) in [5, 5.41) is 0. The predicted octanol–water partition coefficient (Wildman–Crippen LogP) is 7.66. The average Bonchev–Trinajstić information content (AvgIpc) is 3.15. The van der Waals surface area contributed by atoms with Gasteiger partial charge in [0.05, 0.1) is 11.1 Å². The maximum atomic E-state index is 12.6. The fourth-order valence-corrected chi connectivity index (χ4v) is 4.42. The number of hydrogen-bond acceptors (Lipinski definition) is 9. The van der Waals surface area contributed by atoms with Crippen LogP contribution in [0.3, 0.4) is 0 Å². The highest BCUT2D eigenvalue weighted by atomic mass is 16.7. The number of esters is 3. The first-order chi connectivity index (χ1) is 23.8. The lowest BCUT2D eigenvalue weighted by Crippen LogP contribution is -2.09. The van der Waals surface area contributed by atoms with Crippen molar-refractivity contribution in [3.05, 3.63) is 158 Å². The standard InChI is InChI=1S/C40H30O9/c1-3-33(41)25-45-34-17-13-31(14-18-34)39(43)48-36-21-9-29(10-22-36)27-5-7-28(8-6-27)30-11-23-37(24-12-30)49-40(44)32-15-19-35(20-16-32)46-26-47-38(42)4-2/h3-24H,1-2,25-26H2. The monoisotopic (exact) mass is 654 g/mol. The molecule has 0 saturated heterocycles. The summed E-state index contributed by atoms with van der Waals surface area (Å²) in [6.45, 7) is 6.32. The summed E-state index contributed by atoms with van der Waals surface area (Å²) in [6, 6.07) is 34.9. The third-order valence-electron chi connectivity index (χ3n) is 7.06. The molecule has 9 nitrogen and oxygen atoms in total. The molecule has 49 heavy (non-hydrogen) atoms. The molecule has 5 rings (SSSR count). The van der Waals surface area contributed by atoms with E-state index in [4.69, 9.17) is 23.7 Å². The minimum atomic E-state index is -0.596. The van der Waals surface area contributed by atoms with Crippen LogP contribution in [0.1, 0.15) is 20.7 Å². The molecule has 9 heteroatoms. The Hall–Kier alpha value is -6.74. The van der Waals surface area contributed by atoms with Gasteiger partial charge >= 0.3 is 17.9 Å². The van der Waals surface area contributed by atoms with Gasteiger partial charge in [-0.1, -0.05) is 61.7 Å². The number of carbonyl (C=O) groups is 4. The largest absolute Gasteiger partial charge is 0.485 e. The molecule has 5 aromatic rings. The smallest absolute Gasteiger partial charge is 0.343 e. The lowest BCUT2D eigenvalue weighted by Gasteiger charge is -2.09. The molecule has 0 radical (unpaired) electrons. The first-order valence-electron chi connectivity index (χ1n) is 15.0. The molecule has 0 heterocycles. The number of benzene rings is 5. The van der Waals surface area contributed by atoms with Crippen LogP contribution in [0.15, 0.2) is 147 Å². The number of carbonyl (C=O) groups excluding carboxylic acids is 4. The van der Waals surface area contributed by atoms with Crippen LogP contribution in [-0.2, 0) is 14.3 Å². The van der Waals surface area contributed by atoms with Gasteiger partial charge in [-0.15, -0.1) is 0 Å². The SMILES string of the molecule is C=CC(=O)COc1ccc(C(=O)Oc2ccc(-c3ccc(-c4ccc(OC(=O)c5ccc(OCOC(=O)C=C)cc5)cc4)cc3)cc2)cc1. The second-order valence-electron chi connectivity index (χ2n) is 10.3. The quantitative estimate of drug-likeness (QED) is 0.0515. The van der Waals surface area contributed by atoms with Gasteiger partial charge in [-0.05, 0) is 101 Å². The zero-order valence-corrected chi connectivity index (χ0v) is 26.2. The van der Waals surface area contributed by atoms with Gasteiger partial charge in [-0.2, -0.15) is 0 Å². The van der Waals surface area contributed by atoms with Crippen molar-refractivity contribution in [2.75, 3.05) is 13.4 Å². The number of ether oxygens (including phenoxy) is 5. The molecule has 0 aliphatic rings. The fourth-order valence-electron chi connectivity index (χ4n) is 4.42. The van der Waals surface area contributed by atoms with E-state index in [1.807, 2.05) is 48.5 Å². The van der Waals surface area contributed by atoms with Crippen molar-refractivity contribution in [1.82, 2.24) is 0 Å². The molecular weight excluding hydrogens is 624 g/mol. The summed E-state index contributed by atoms with van der Waals surface area (Å²) in [6.07, 6.45) is 2.23. The predicted molar refractivity (Wildman–Crippen MR) is 183 cm³/mol. The van der Waals surface area contributed by atoms with E-state index in [1.165, 1.54) is 6.08 Å². The zero-order chi connectivity index (χ0) is 34.6. The van der Waals surface area contributed by atoms with E-state index in [1.54, 1.807) is 72.8 Å².